The van der Waals surface area contributed by atoms with Gasteiger partial charge in [0.25, 0.3) is 5.91 Å². The van der Waals surface area contributed by atoms with Crippen molar-refractivity contribution in [1.29, 1.82) is 0 Å². The van der Waals surface area contributed by atoms with E-state index in [9.17, 15) is 23.1 Å². The van der Waals surface area contributed by atoms with Crippen LogP contribution in [0.1, 0.15) is 16.8 Å². The largest absolute Gasteiger partial charge is 0.419 e. The summed E-state index contributed by atoms with van der Waals surface area (Å²) in [6.45, 7) is -0.932. The molecule has 1 atom stereocenters. The Bertz CT molecular complexity index is 774. The number of alkyl halides is 3. The van der Waals surface area contributed by atoms with Crippen LogP contribution in [0.3, 0.4) is 0 Å². The number of halogens is 3. The minimum atomic E-state index is -4.77. The van der Waals surface area contributed by atoms with Crippen molar-refractivity contribution >= 4 is 5.91 Å². The molecule has 1 aliphatic heterocycles. The first-order valence-corrected chi connectivity index (χ1v) is 7.22. The van der Waals surface area contributed by atoms with Gasteiger partial charge in [0.05, 0.1) is 18.3 Å². The van der Waals surface area contributed by atoms with E-state index < -0.39 is 30.7 Å². The fourth-order valence-corrected chi connectivity index (χ4v) is 2.67. The average Bonchev–Trinajstić information content (AvgIpc) is 3.13. The molecule has 2 aromatic rings. The summed E-state index contributed by atoms with van der Waals surface area (Å²) in [4.78, 5) is 17.4. The summed E-state index contributed by atoms with van der Waals surface area (Å²) >= 11 is 0. The predicted molar refractivity (Wildman–Crippen MR) is 78.0 cm³/mol. The minimum absolute atomic E-state index is 0.161. The first-order chi connectivity index (χ1) is 11.2. The van der Waals surface area contributed by atoms with E-state index in [1.54, 1.807) is 36.4 Å². The van der Waals surface area contributed by atoms with Gasteiger partial charge < -0.3 is 10.0 Å². The molecule has 3 rings (SSSR count). The first-order valence-electron chi connectivity index (χ1n) is 7.22. The van der Waals surface area contributed by atoms with Crippen molar-refractivity contribution in [2.75, 3.05) is 13.1 Å². The molecule has 1 N–H and O–H groups in total. The Balaban J connectivity index is 1.82. The van der Waals surface area contributed by atoms with E-state index in [1.807, 2.05) is 0 Å². The monoisotopic (exact) mass is 340 g/mol. The molecule has 3 heterocycles. The molecule has 0 aromatic carbocycles. The molecule has 6 nitrogen and oxygen atoms in total. The number of hydrogen-bond donors (Lipinski definition) is 1. The van der Waals surface area contributed by atoms with Gasteiger partial charge in [-0.15, -0.1) is 0 Å². The lowest BCUT2D eigenvalue weighted by Gasteiger charge is -2.25. The number of aryl methyl sites for hydroxylation is 1. The number of carbonyl (C=O) groups excluding carboxylic acids is 1. The lowest BCUT2D eigenvalue weighted by Crippen LogP contribution is -2.48. The van der Waals surface area contributed by atoms with Crippen molar-refractivity contribution in [2.45, 2.75) is 18.2 Å². The molecule has 1 aliphatic rings. The molecule has 0 spiro atoms. The van der Waals surface area contributed by atoms with Gasteiger partial charge in [-0.05, 0) is 6.07 Å². The number of aromatic nitrogens is 3. The molecule has 1 saturated heterocycles. The Morgan fingerprint density at radius 3 is 2.62 bits per heavy atom. The number of aliphatic hydroxyl groups is 1. The highest BCUT2D eigenvalue weighted by molar-refractivity contribution is 5.95. The molecule has 0 bridgehead atoms. The molecule has 0 saturated carbocycles. The van der Waals surface area contributed by atoms with Crippen LogP contribution in [0.15, 0.2) is 30.9 Å². The molecule has 2 aromatic heterocycles. The van der Waals surface area contributed by atoms with Crippen LogP contribution in [0.4, 0.5) is 13.2 Å². The number of pyridine rings is 1. The number of amides is 1. The molecular formula is C15H15F3N4O2. The lowest BCUT2D eigenvalue weighted by atomic mass is 10.0. The second kappa shape index (κ2) is 5.59. The molecule has 9 heteroatoms. The molecule has 128 valence electrons. The molecule has 0 radical (unpaired) electrons. The predicted octanol–water partition coefficient (Wildman–Crippen LogP) is 1.62. The van der Waals surface area contributed by atoms with E-state index in [4.69, 9.17) is 0 Å². The summed E-state index contributed by atoms with van der Waals surface area (Å²) in [6, 6.07) is 1.55. The Labute approximate surface area is 135 Å². The highest BCUT2D eigenvalue weighted by Crippen LogP contribution is 2.38. The summed E-state index contributed by atoms with van der Waals surface area (Å²) in [6.07, 6.45) is 0.889. The van der Waals surface area contributed by atoms with Gasteiger partial charge in [0.1, 0.15) is 0 Å². The van der Waals surface area contributed by atoms with Gasteiger partial charge in [0, 0.05) is 49.7 Å². The van der Waals surface area contributed by atoms with Gasteiger partial charge in [0.15, 0.2) is 5.60 Å². The van der Waals surface area contributed by atoms with Crippen molar-refractivity contribution in [3.63, 3.8) is 0 Å². The maximum Gasteiger partial charge on any atom is 0.419 e. The summed E-state index contributed by atoms with van der Waals surface area (Å²) in [5, 5.41) is 13.7. The number of hydrogen-bond acceptors (Lipinski definition) is 4. The van der Waals surface area contributed by atoms with Crippen molar-refractivity contribution < 1.29 is 23.1 Å². The Morgan fingerprint density at radius 2 is 2.04 bits per heavy atom. The standard InChI is InChI=1S/C15H15F3N4O2/c1-21-8-12(7-20-21)10-4-11(6-19-5-10)13(23)22-3-2-14(24,9-22)15(16,17)18/h4-8,24H,2-3,9H2,1H3. The third-order valence-electron chi connectivity index (χ3n) is 4.09. The maximum absolute atomic E-state index is 12.9. The normalized spacial score (nSPS) is 21.3. The van der Waals surface area contributed by atoms with Crippen molar-refractivity contribution in [1.82, 2.24) is 19.7 Å². The quantitative estimate of drug-likeness (QED) is 0.902. The van der Waals surface area contributed by atoms with Crippen LogP contribution >= 0.6 is 0 Å². The maximum atomic E-state index is 12.9. The SMILES string of the molecule is Cn1cc(-c2cncc(C(=O)N3CCC(O)(C(F)(F)F)C3)c2)cn1. The van der Waals surface area contributed by atoms with Crippen molar-refractivity contribution in [2.24, 2.45) is 7.05 Å². The zero-order chi connectivity index (χ0) is 17.5. The fraction of sp³-hybridized carbons (Fsp3) is 0.400. The van der Waals surface area contributed by atoms with E-state index in [0.29, 0.717) is 5.56 Å². The number of rotatable bonds is 2. The molecule has 0 aliphatic carbocycles. The van der Waals surface area contributed by atoms with Gasteiger partial charge in [-0.3, -0.25) is 14.5 Å². The van der Waals surface area contributed by atoms with Gasteiger partial charge in [-0.1, -0.05) is 0 Å². The van der Waals surface area contributed by atoms with Gasteiger partial charge in [-0.25, -0.2) is 0 Å². The van der Waals surface area contributed by atoms with Crippen LogP contribution in [0.2, 0.25) is 0 Å². The fourth-order valence-electron chi connectivity index (χ4n) is 2.67. The zero-order valence-corrected chi connectivity index (χ0v) is 12.8. The van der Waals surface area contributed by atoms with E-state index in [1.165, 1.54) is 6.20 Å². The second-order valence-corrected chi connectivity index (χ2v) is 5.87. The smallest absolute Gasteiger partial charge is 0.379 e. The van der Waals surface area contributed by atoms with Crippen LogP contribution in [0.25, 0.3) is 11.1 Å². The van der Waals surface area contributed by atoms with Crippen LogP contribution in [0, 0.1) is 0 Å². The summed E-state index contributed by atoms with van der Waals surface area (Å²) < 4.78 is 40.2. The van der Waals surface area contributed by atoms with Crippen molar-refractivity contribution in [3.05, 3.63) is 36.4 Å². The van der Waals surface area contributed by atoms with Crippen LogP contribution < -0.4 is 0 Å². The van der Waals surface area contributed by atoms with E-state index in [0.717, 1.165) is 10.5 Å². The topological polar surface area (TPSA) is 71.2 Å². The Kier molecular flexibility index (Phi) is 3.83. The lowest BCUT2D eigenvalue weighted by molar-refractivity contribution is -0.253. The molecular weight excluding hydrogens is 325 g/mol. The van der Waals surface area contributed by atoms with E-state index in [-0.39, 0.29) is 12.1 Å². The molecule has 1 fully saturated rings. The minimum Gasteiger partial charge on any atom is -0.379 e. The summed E-state index contributed by atoms with van der Waals surface area (Å²) in [5.74, 6) is -0.589. The number of β-amino-alcohol motifs (C(OH)–C–C–N with tert-alkyl or cyclic N) is 1. The number of carbonyl (C=O) groups is 1. The molecule has 1 amide bonds. The highest BCUT2D eigenvalue weighted by Gasteiger charge is 2.57. The van der Waals surface area contributed by atoms with Crippen molar-refractivity contribution in [3.8, 4) is 11.1 Å². The summed E-state index contributed by atoms with van der Waals surface area (Å²) in [5.41, 5.74) is -1.30. The highest BCUT2D eigenvalue weighted by atomic mass is 19.4. The molecule has 1 unspecified atom stereocenters. The summed E-state index contributed by atoms with van der Waals surface area (Å²) in [7, 11) is 1.74. The first kappa shape index (κ1) is 16.4. The second-order valence-electron chi connectivity index (χ2n) is 5.87. The third-order valence-corrected chi connectivity index (χ3v) is 4.09. The molecule has 24 heavy (non-hydrogen) atoms. The van der Waals surface area contributed by atoms with E-state index >= 15 is 0 Å². The number of likely N-dealkylation sites (tertiary alicyclic amines) is 1. The van der Waals surface area contributed by atoms with Crippen LogP contribution in [-0.2, 0) is 7.05 Å². The van der Waals surface area contributed by atoms with E-state index in [2.05, 4.69) is 10.1 Å². The van der Waals surface area contributed by atoms with Gasteiger partial charge >= 0.3 is 6.18 Å². The van der Waals surface area contributed by atoms with Gasteiger partial charge in [0.2, 0.25) is 0 Å². The third kappa shape index (κ3) is 2.86. The van der Waals surface area contributed by atoms with Crippen LogP contribution in [-0.4, -0.2) is 55.5 Å². The zero-order valence-electron chi connectivity index (χ0n) is 12.8. The average molecular weight is 340 g/mol. The number of nitrogens with zero attached hydrogens (tertiary/aromatic N) is 4. The Hall–Kier alpha value is -2.42. The van der Waals surface area contributed by atoms with Crippen LogP contribution in [0.5, 0.6) is 0 Å². The Morgan fingerprint density at radius 1 is 1.29 bits per heavy atom. The van der Waals surface area contributed by atoms with Gasteiger partial charge in [-0.2, -0.15) is 18.3 Å².